The minimum Gasteiger partial charge on any atom is -0.493 e. The molecule has 2 aromatic rings. The van der Waals surface area contributed by atoms with Gasteiger partial charge in [0.2, 0.25) is 0 Å². The number of nitrogens with one attached hydrogen (secondary N) is 2. The summed E-state index contributed by atoms with van der Waals surface area (Å²) in [5.41, 5.74) is 8.45. The fraction of sp³-hybridized carbons (Fsp3) is 0.250. The minimum absolute atomic E-state index is 0.604. The van der Waals surface area contributed by atoms with Gasteiger partial charge in [0.1, 0.15) is 0 Å². The summed E-state index contributed by atoms with van der Waals surface area (Å²) in [5.74, 6) is 1.48. The number of para-hydroxylation sites is 1. The van der Waals surface area contributed by atoms with Gasteiger partial charge in [-0.05, 0) is 36.8 Å². The summed E-state index contributed by atoms with van der Waals surface area (Å²) in [6.07, 6.45) is 0. The minimum atomic E-state index is 0.604. The highest BCUT2D eigenvalue weighted by atomic mass is 79.9. The third kappa shape index (κ3) is 4.37. The molecule has 0 saturated heterocycles. The van der Waals surface area contributed by atoms with E-state index in [2.05, 4.69) is 26.8 Å². The first-order chi connectivity index (χ1) is 10.2. The maximum absolute atomic E-state index is 5.59. The highest BCUT2D eigenvalue weighted by Crippen LogP contribution is 2.33. The summed E-state index contributed by atoms with van der Waals surface area (Å²) in [6.45, 7) is 3.21. The van der Waals surface area contributed by atoms with Crippen molar-refractivity contribution in [2.45, 2.75) is 13.5 Å². The smallest absolute Gasteiger partial charge is 0.161 e. The topological polar surface area (TPSA) is 42.5 Å². The molecule has 0 spiro atoms. The van der Waals surface area contributed by atoms with Gasteiger partial charge in [0.05, 0.1) is 13.7 Å². The van der Waals surface area contributed by atoms with Crippen LogP contribution < -0.4 is 20.3 Å². The Morgan fingerprint density at radius 2 is 1.86 bits per heavy atom. The quantitative estimate of drug-likeness (QED) is 0.741. The van der Waals surface area contributed by atoms with Crippen LogP contribution in [-0.4, -0.2) is 13.7 Å². The van der Waals surface area contributed by atoms with Crippen LogP contribution in [0.15, 0.2) is 46.9 Å². The summed E-state index contributed by atoms with van der Waals surface area (Å²) in [4.78, 5) is 0. The molecule has 2 N–H and O–H groups in total. The van der Waals surface area contributed by atoms with Gasteiger partial charge in [-0.15, -0.1) is 0 Å². The van der Waals surface area contributed by atoms with Gasteiger partial charge in [-0.1, -0.05) is 34.1 Å². The van der Waals surface area contributed by atoms with Crippen LogP contribution in [0.3, 0.4) is 0 Å². The zero-order valence-electron chi connectivity index (χ0n) is 12.2. The van der Waals surface area contributed by atoms with Gasteiger partial charge < -0.3 is 14.9 Å². The van der Waals surface area contributed by atoms with Crippen molar-refractivity contribution in [2.24, 2.45) is 0 Å². The van der Waals surface area contributed by atoms with Gasteiger partial charge in [0.25, 0.3) is 0 Å². The van der Waals surface area contributed by atoms with Crippen molar-refractivity contribution in [1.29, 1.82) is 0 Å². The van der Waals surface area contributed by atoms with Crippen molar-refractivity contribution in [1.82, 2.24) is 5.43 Å². The molecule has 5 heteroatoms. The van der Waals surface area contributed by atoms with Gasteiger partial charge in [-0.2, -0.15) is 0 Å². The number of hydrazine groups is 1. The first kappa shape index (κ1) is 15.7. The molecular formula is C16H19BrN2O2. The van der Waals surface area contributed by atoms with Gasteiger partial charge in [-0.3, -0.25) is 0 Å². The molecule has 0 heterocycles. The fourth-order valence-electron chi connectivity index (χ4n) is 1.90. The molecule has 0 aromatic heterocycles. The number of benzene rings is 2. The zero-order chi connectivity index (χ0) is 15.1. The first-order valence-electron chi connectivity index (χ1n) is 6.77. The average Bonchev–Trinajstić information content (AvgIpc) is 2.51. The van der Waals surface area contributed by atoms with E-state index in [0.717, 1.165) is 27.2 Å². The van der Waals surface area contributed by atoms with Crippen LogP contribution in [0.25, 0.3) is 0 Å². The Morgan fingerprint density at radius 1 is 1.10 bits per heavy atom. The Labute approximate surface area is 133 Å². The maximum Gasteiger partial charge on any atom is 0.161 e. The molecule has 0 atom stereocenters. The Morgan fingerprint density at radius 3 is 2.52 bits per heavy atom. The lowest BCUT2D eigenvalue weighted by atomic mass is 10.2. The van der Waals surface area contributed by atoms with E-state index >= 15 is 0 Å². The summed E-state index contributed by atoms with van der Waals surface area (Å²) in [5, 5.41) is 0. The average molecular weight is 351 g/mol. The van der Waals surface area contributed by atoms with Crippen molar-refractivity contribution in [3.05, 3.63) is 52.5 Å². The number of rotatable bonds is 7. The number of methoxy groups -OCH3 is 1. The predicted octanol–water partition coefficient (Wildman–Crippen LogP) is 3.97. The monoisotopic (exact) mass is 350 g/mol. The molecule has 2 aromatic carbocycles. The SMILES string of the molecule is CCOc1cc(CNNc2ccccc2)c(Br)cc1OC. The number of ether oxygens (including phenoxy) is 2. The van der Waals surface area contributed by atoms with Crippen LogP contribution in [0.4, 0.5) is 5.69 Å². The molecule has 0 aliphatic heterocycles. The van der Waals surface area contributed by atoms with Crippen LogP contribution in [0.2, 0.25) is 0 Å². The maximum atomic E-state index is 5.59. The van der Waals surface area contributed by atoms with Crippen molar-refractivity contribution < 1.29 is 9.47 Å². The van der Waals surface area contributed by atoms with Crippen LogP contribution >= 0.6 is 15.9 Å². The highest BCUT2D eigenvalue weighted by molar-refractivity contribution is 9.10. The molecule has 0 aliphatic rings. The molecule has 0 amide bonds. The van der Waals surface area contributed by atoms with E-state index in [4.69, 9.17) is 9.47 Å². The summed E-state index contributed by atoms with van der Waals surface area (Å²) in [6, 6.07) is 13.9. The van der Waals surface area contributed by atoms with E-state index in [9.17, 15) is 0 Å². The van der Waals surface area contributed by atoms with E-state index in [-0.39, 0.29) is 0 Å². The van der Waals surface area contributed by atoms with Crippen LogP contribution in [0, 0.1) is 0 Å². The zero-order valence-corrected chi connectivity index (χ0v) is 13.7. The first-order valence-corrected chi connectivity index (χ1v) is 7.57. The lowest BCUT2D eigenvalue weighted by molar-refractivity contribution is 0.310. The summed E-state index contributed by atoms with van der Waals surface area (Å²) in [7, 11) is 1.64. The van der Waals surface area contributed by atoms with E-state index in [1.807, 2.05) is 49.4 Å². The lowest BCUT2D eigenvalue weighted by Crippen LogP contribution is -2.21. The van der Waals surface area contributed by atoms with Crippen molar-refractivity contribution in [3.63, 3.8) is 0 Å². The van der Waals surface area contributed by atoms with Crippen molar-refractivity contribution >= 4 is 21.6 Å². The third-order valence-corrected chi connectivity index (χ3v) is 3.66. The Balaban J connectivity index is 2.03. The molecule has 0 aliphatic carbocycles. The molecule has 4 nitrogen and oxygen atoms in total. The molecule has 0 fully saturated rings. The van der Waals surface area contributed by atoms with Gasteiger partial charge in [0, 0.05) is 16.7 Å². The molecule has 2 rings (SSSR count). The highest BCUT2D eigenvalue weighted by Gasteiger charge is 2.09. The second-order valence-corrected chi connectivity index (χ2v) is 5.23. The Kier molecular flexibility index (Phi) is 5.90. The number of hydrogen-bond donors (Lipinski definition) is 2. The Hall–Kier alpha value is -1.72. The van der Waals surface area contributed by atoms with Crippen LogP contribution in [-0.2, 0) is 6.54 Å². The standard InChI is InChI=1S/C16H19BrN2O2/c1-3-21-16-9-12(14(17)10-15(16)20-2)11-18-19-13-7-5-4-6-8-13/h4-10,18-19H,3,11H2,1-2H3. The van der Waals surface area contributed by atoms with Crippen molar-refractivity contribution in [2.75, 3.05) is 19.1 Å². The number of anilines is 1. The largest absolute Gasteiger partial charge is 0.493 e. The summed E-state index contributed by atoms with van der Waals surface area (Å²) >= 11 is 3.56. The van der Waals surface area contributed by atoms with Crippen LogP contribution in [0.1, 0.15) is 12.5 Å². The molecular weight excluding hydrogens is 332 g/mol. The van der Waals surface area contributed by atoms with E-state index < -0.39 is 0 Å². The third-order valence-electron chi connectivity index (χ3n) is 2.92. The van der Waals surface area contributed by atoms with E-state index in [1.165, 1.54) is 0 Å². The van der Waals surface area contributed by atoms with E-state index in [1.54, 1.807) is 7.11 Å². The Bertz CT molecular complexity index is 576. The molecule has 0 bridgehead atoms. The van der Waals surface area contributed by atoms with Crippen LogP contribution in [0.5, 0.6) is 11.5 Å². The molecule has 0 unspecified atom stereocenters. The van der Waals surface area contributed by atoms with Gasteiger partial charge >= 0.3 is 0 Å². The normalized spacial score (nSPS) is 10.2. The molecule has 112 valence electrons. The second-order valence-electron chi connectivity index (χ2n) is 4.37. The lowest BCUT2D eigenvalue weighted by Gasteiger charge is -2.14. The summed E-state index contributed by atoms with van der Waals surface area (Å²) < 4.78 is 11.9. The van der Waals surface area contributed by atoms with Crippen molar-refractivity contribution in [3.8, 4) is 11.5 Å². The van der Waals surface area contributed by atoms with Gasteiger partial charge in [-0.25, -0.2) is 5.43 Å². The number of halogens is 1. The number of hydrogen-bond acceptors (Lipinski definition) is 4. The van der Waals surface area contributed by atoms with E-state index in [0.29, 0.717) is 13.2 Å². The second kappa shape index (κ2) is 7.90. The fourth-order valence-corrected chi connectivity index (χ4v) is 2.37. The predicted molar refractivity (Wildman–Crippen MR) is 88.8 cm³/mol. The molecule has 0 radical (unpaired) electrons. The molecule has 21 heavy (non-hydrogen) atoms. The molecule has 0 saturated carbocycles. The van der Waals surface area contributed by atoms with Gasteiger partial charge in [0.15, 0.2) is 11.5 Å².